The van der Waals surface area contributed by atoms with Crippen LogP contribution in [0.5, 0.6) is 5.75 Å². The summed E-state index contributed by atoms with van der Waals surface area (Å²) in [6.45, 7) is 4.28. The molecule has 0 saturated carbocycles. The lowest BCUT2D eigenvalue weighted by molar-refractivity contribution is -0.141. The minimum atomic E-state index is -0.555. The van der Waals surface area contributed by atoms with Crippen LogP contribution in [0, 0.1) is 13.8 Å². The summed E-state index contributed by atoms with van der Waals surface area (Å²) in [5.41, 5.74) is 2.99. The van der Waals surface area contributed by atoms with E-state index in [1.165, 1.54) is 12.7 Å². The van der Waals surface area contributed by atoms with Crippen LogP contribution >= 0.6 is 11.6 Å². The van der Waals surface area contributed by atoms with Crippen LogP contribution in [0.3, 0.4) is 0 Å². The molecule has 0 aliphatic heterocycles. The summed E-state index contributed by atoms with van der Waals surface area (Å²) in [6.07, 6.45) is 0.166. The molecule has 0 heterocycles. The summed E-state index contributed by atoms with van der Waals surface area (Å²) in [5.74, 6) is 0.0716. The topological polar surface area (TPSA) is 64.6 Å². The molecular weight excluding hydrogens is 366 g/mol. The fourth-order valence-electron chi connectivity index (χ4n) is 2.58. The Balaban J connectivity index is 1.95. The van der Waals surface area contributed by atoms with Crippen molar-refractivity contribution in [3.05, 3.63) is 64.2 Å². The highest BCUT2D eigenvalue weighted by molar-refractivity contribution is 6.31. The van der Waals surface area contributed by atoms with E-state index in [2.05, 4.69) is 5.32 Å². The van der Waals surface area contributed by atoms with Crippen LogP contribution in [-0.4, -0.2) is 25.6 Å². The van der Waals surface area contributed by atoms with Gasteiger partial charge in [-0.25, -0.2) is 0 Å². The minimum Gasteiger partial charge on any atom is -0.493 e. The minimum absolute atomic E-state index is 0.00396. The quantitative estimate of drug-likeness (QED) is 0.689. The molecule has 0 radical (unpaired) electrons. The van der Waals surface area contributed by atoms with Gasteiger partial charge in [-0.1, -0.05) is 35.9 Å². The van der Waals surface area contributed by atoms with Gasteiger partial charge >= 0.3 is 5.97 Å². The van der Waals surface area contributed by atoms with Crippen LogP contribution in [0.25, 0.3) is 0 Å². The van der Waals surface area contributed by atoms with Crippen LogP contribution in [-0.2, 0) is 14.3 Å². The number of aryl methyl sites for hydroxylation is 2. The Morgan fingerprint density at radius 2 is 1.85 bits per heavy atom. The summed E-state index contributed by atoms with van der Waals surface area (Å²) < 4.78 is 10.4. The van der Waals surface area contributed by atoms with E-state index >= 15 is 0 Å². The number of methoxy groups -OCH3 is 1. The van der Waals surface area contributed by atoms with Crippen LogP contribution in [0.4, 0.5) is 0 Å². The fraction of sp³-hybridized carbons (Fsp3) is 0.333. The molecule has 6 heteroatoms. The second-order valence-electron chi connectivity index (χ2n) is 6.27. The molecule has 1 unspecified atom stereocenters. The van der Waals surface area contributed by atoms with Crippen LogP contribution in [0.2, 0.25) is 5.02 Å². The molecule has 2 aromatic carbocycles. The molecule has 0 aliphatic rings. The molecule has 0 aromatic heterocycles. The lowest BCUT2D eigenvalue weighted by Crippen LogP contribution is -2.31. The first-order chi connectivity index (χ1) is 12.9. The maximum absolute atomic E-state index is 12.3. The van der Waals surface area contributed by atoms with Crippen molar-refractivity contribution in [2.24, 2.45) is 0 Å². The van der Waals surface area contributed by atoms with Crippen molar-refractivity contribution in [1.29, 1.82) is 0 Å². The molecule has 1 atom stereocenters. The van der Waals surface area contributed by atoms with Gasteiger partial charge in [0.05, 0.1) is 32.6 Å². The van der Waals surface area contributed by atoms with E-state index in [9.17, 15) is 9.59 Å². The Kier molecular flexibility index (Phi) is 7.67. The molecule has 0 fully saturated rings. The highest BCUT2D eigenvalue weighted by Gasteiger charge is 2.21. The number of esters is 1. The largest absolute Gasteiger partial charge is 0.493 e. The van der Waals surface area contributed by atoms with Gasteiger partial charge in [0.1, 0.15) is 5.75 Å². The van der Waals surface area contributed by atoms with E-state index in [1.807, 2.05) is 32.0 Å². The second-order valence-corrected chi connectivity index (χ2v) is 6.67. The fourth-order valence-corrected chi connectivity index (χ4v) is 2.85. The number of benzene rings is 2. The molecule has 2 aromatic rings. The number of carbonyl (C=O) groups is 2. The molecule has 1 N–H and O–H groups in total. The van der Waals surface area contributed by atoms with Gasteiger partial charge in [0.2, 0.25) is 5.91 Å². The van der Waals surface area contributed by atoms with Crippen LogP contribution in [0.15, 0.2) is 42.5 Å². The van der Waals surface area contributed by atoms with E-state index in [-0.39, 0.29) is 25.4 Å². The van der Waals surface area contributed by atoms with Crippen LogP contribution < -0.4 is 10.1 Å². The van der Waals surface area contributed by atoms with Crippen LogP contribution in [0.1, 0.15) is 35.6 Å². The molecule has 5 nitrogen and oxygen atoms in total. The summed E-state index contributed by atoms with van der Waals surface area (Å²) in [5, 5.41) is 3.33. The Morgan fingerprint density at radius 1 is 1.11 bits per heavy atom. The average Bonchev–Trinajstić information content (AvgIpc) is 2.64. The molecule has 0 bridgehead atoms. The number of hydrogen-bond acceptors (Lipinski definition) is 4. The second kappa shape index (κ2) is 9.97. The van der Waals surface area contributed by atoms with Gasteiger partial charge in [0, 0.05) is 5.02 Å². The van der Waals surface area contributed by atoms with Gasteiger partial charge in [-0.3, -0.25) is 9.59 Å². The van der Waals surface area contributed by atoms with Gasteiger partial charge in [-0.05, 0) is 48.7 Å². The molecular formula is C21H24ClNO4. The normalized spacial score (nSPS) is 11.6. The highest BCUT2D eigenvalue weighted by atomic mass is 35.5. The van der Waals surface area contributed by atoms with E-state index in [1.54, 1.807) is 24.3 Å². The zero-order valence-electron chi connectivity index (χ0n) is 15.8. The van der Waals surface area contributed by atoms with Crippen molar-refractivity contribution in [2.75, 3.05) is 13.7 Å². The first-order valence-corrected chi connectivity index (χ1v) is 9.09. The predicted octanol–water partition coefficient (Wildman–Crippen LogP) is 4.15. The number of hydrogen-bond donors (Lipinski definition) is 1. The zero-order valence-corrected chi connectivity index (χ0v) is 16.5. The third-order valence-corrected chi connectivity index (χ3v) is 4.63. The van der Waals surface area contributed by atoms with E-state index in [4.69, 9.17) is 21.1 Å². The van der Waals surface area contributed by atoms with E-state index in [0.29, 0.717) is 10.6 Å². The SMILES string of the molecule is COC(=O)CC(NC(=O)CCOc1ccc(C)c(C)c1)c1ccccc1Cl. The molecule has 0 spiro atoms. The molecule has 144 valence electrons. The highest BCUT2D eigenvalue weighted by Crippen LogP contribution is 2.25. The van der Waals surface area contributed by atoms with Gasteiger partial charge in [0.25, 0.3) is 0 Å². The third kappa shape index (κ3) is 6.29. The predicted molar refractivity (Wildman–Crippen MR) is 105 cm³/mol. The number of rotatable bonds is 8. The van der Waals surface area contributed by atoms with E-state index in [0.717, 1.165) is 11.3 Å². The first kappa shape index (κ1) is 20.8. The Bertz CT molecular complexity index is 807. The first-order valence-electron chi connectivity index (χ1n) is 8.71. The van der Waals surface area contributed by atoms with Crippen molar-refractivity contribution >= 4 is 23.5 Å². The maximum atomic E-state index is 12.3. The number of carbonyl (C=O) groups excluding carboxylic acids is 2. The van der Waals surface area contributed by atoms with Gasteiger partial charge in [-0.2, -0.15) is 0 Å². The number of amides is 1. The molecule has 27 heavy (non-hydrogen) atoms. The monoisotopic (exact) mass is 389 g/mol. The van der Waals surface area contributed by atoms with Crippen molar-refractivity contribution in [2.45, 2.75) is 32.7 Å². The average molecular weight is 390 g/mol. The van der Waals surface area contributed by atoms with Gasteiger partial charge in [0.15, 0.2) is 0 Å². The molecule has 0 aliphatic carbocycles. The van der Waals surface area contributed by atoms with Crippen molar-refractivity contribution in [3.8, 4) is 5.75 Å². The standard InChI is InChI=1S/C21H24ClNO4/c1-14-8-9-16(12-15(14)2)27-11-10-20(24)23-19(13-21(25)26-3)17-6-4-5-7-18(17)22/h4-9,12,19H,10-11,13H2,1-3H3,(H,23,24). The van der Waals surface area contributed by atoms with Crippen molar-refractivity contribution in [3.63, 3.8) is 0 Å². The maximum Gasteiger partial charge on any atom is 0.307 e. The zero-order chi connectivity index (χ0) is 19.8. The smallest absolute Gasteiger partial charge is 0.307 e. The molecule has 2 rings (SSSR count). The summed E-state index contributed by atoms with van der Waals surface area (Å²) in [4.78, 5) is 24.0. The summed E-state index contributed by atoms with van der Waals surface area (Å²) in [6, 6.07) is 12.3. The van der Waals surface area contributed by atoms with Gasteiger partial charge in [-0.15, -0.1) is 0 Å². The summed E-state index contributed by atoms with van der Waals surface area (Å²) in [7, 11) is 1.31. The Labute approximate surface area is 164 Å². The van der Waals surface area contributed by atoms with Gasteiger partial charge < -0.3 is 14.8 Å². The molecule has 1 amide bonds. The van der Waals surface area contributed by atoms with Crippen molar-refractivity contribution < 1.29 is 19.1 Å². The van der Waals surface area contributed by atoms with E-state index < -0.39 is 12.0 Å². The number of ether oxygens (including phenoxy) is 2. The lowest BCUT2D eigenvalue weighted by Gasteiger charge is -2.19. The van der Waals surface area contributed by atoms with Crippen molar-refractivity contribution in [1.82, 2.24) is 5.32 Å². The number of halogens is 1. The Hall–Kier alpha value is -2.53. The third-order valence-electron chi connectivity index (χ3n) is 4.29. The number of nitrogens with one attached hydrogen (secondary N) is 1. The molecule has 0 saturated heterocycles. The Morgan fingerprint density at radius 3 is 2.52 bits per heavy atom. The lowest BCUT2D eigenvalue weighted by atomic mass is 10.0. The summed E-state index contributed by atoms with van der Waals surface area (Å²) >= 11 is 6.21.